The molecule has 0 spiro atoms. The molecule has 1 aliphatic rings. The zero-order valence-electron chi connectivity index (χ0n) is 19.0. The number of hydrogen-bond donors (Lipinski definition) is 1. The number of anilines is 1. The predicted molar refractivity (Wildman–Crippen MR) is 124 cm³/mol. The molecule has 1 saturated carbocycles. The van der Waals surface area contributed by atoms with Gasteiger partial charge >= 0.3 is 0 Å². The molecule has 170 valence electrons. The molecule has 2 unspecified atom stereocenters. The number of halogens is 1. The smallest absolute Gasteiger partial charge is 0.231 e. The van der Waals surface area contributed by atoms with Crippen molar-refractivity contribution < 1.29 is 14.0 Å². The van der Waals surface area contributed by atoms with E-state index < -0.39 is 12.1 Å². The number of hydrogen-bond acceptors (Lipinski definition) is 6. The molecule has 0 aliphatic heterocycles. The van der Waals surface area contributed by atoms with E-state index in [1.807, 2.05) is 26.8 Å². The molecule has 1 amide bonds. The second-order valence-corrected chi connectivity index (χ2v) is 7.69. The fourth-order valence-corrected chi connectivity index (χ4v) is 3.66. The van der Waals surface area contributed by atoms with Crippen LogP contribution in [0.1, 0.15) is 49.7 Å². The second-order valence-electron chi connectivity index (χ2n) is 7.69. The summed E-state index contributed by atoms with van der Waals surface area (Å²) in [6, 6.07) is 5.41. The van der Waals surface area contributed by atoms with E-state index in [2.05, 4.69) is 25.4 Å². The molecule has 1 fully saturated rings. The molecule has 0 saturated heterocycles. The Morgan fingerprint density at radius 1 is 1.12 bits per heavy atom. The normalized spacial score (nSPS) is 16.9. The van der Waals surface area contributed by atoms with E-state index in [-0.39, 0.29) is 18.1 Å². The quantitative estimate of drug-likeness (QED) is 0.449. The summed E-state index contributed by atoms with van der Waals surface area (Å²) in [7, 11) is 0. The zero-order chi connectivity index (χ0) is 23.7. The van der Waals surface area contributed by atoms with Crippen LogP contribution in [0.15, 0.2) is 36.9 Å². The summed E-state index contributed by atoms with van der Waals surface area (Å²) in [5.41, 5.74) is 4.31. The standard InChI is InChI=1S/C22H19FN6O2.C2H6/c1-3-19(30)17-4-11(2)15(9-24-17)13-5-12-8-25-20(28-22(31)14-6-16(14)23)7-18(12)29-21(13)26-10-27-29;1-2/h4-5,7-10,14,16H,3,6H2,1-2H3,(H,25,28,31);1-2H3. The Labute approximate surface area is 190 Å². The van der Waals surface area contributed by atoms with Gasteiger partial charge in [-0.1, -0.05) is 20.8 Å². The molecule has 9 heteroatoms. The first-order valence-electron chi connectivity index (χ1n) is 11.0. The van der Waals surface area contributed by atoms with E-state index in [1.54, 1.807) is 36.0 Å². The molecule has 0 radical (unpaired) electrons. The maximum atomic E-state index is 13.1. The minimum atomic E-state index is -1.07. The van der Waals surface area contributed by atoms with Crippen molar-refractivity contribution in [3.8, 4) is 11.1 Å². The highest BCUT2D eigenvalue weighted by Crippen LogP contribution is 2.35. The van der Waals surface area contributed by atoms with Gasteiger partial charge in [0.25, 0.3) is 0 Å². The number of Topliss-reactive ketones (excluding diaryl/α,β-unsaturated/α-hetero) is 1. The van der Waals surface area contributed by atoms with Gasteiger partial charge in [0.2, 0.25) is 5.91 Å². The molecular formula is C24H25FN6O2. The third-order valence-electron chi connectivity index (χ3n) is 5.54. The molecule has 4 aromatic heterocycles. The molecule has 33 heavy (non-hydrogen) atoms. The number of alkyl halides is 1. The lowest BCUT2D eigenvalue weighted by molar-refractivity contribution is -0.117. The fourth-order valence-electron chi connectivity index (χ4n) is 3.66. The first-order valence-corrected chi connectivity index (χ1v) is 11.0. The average molecular weight is 449 g/mol. The van der Waals surface area contributed by atoms with Crippen LogP contribution in [0.2, 0.25) is 0 Å². The molecule has 4 aromatic rings. The maximum absolute atomic E-state index is 13.1. The van der Waals surface area contributed by atoms with Crippen molar-refractivity contribution in [3.63, 3.8) is 0 Å². The van der Waals surface area contributed by atoms with Gasteiger partial charge < -0.3 is 5.32 Å². The lowest BCUT2D eigenvalue weighted by Crippen LogP contribution is -2.16. The highest BCUT2D eigenvalue weighted by molar-refractivity contribution is 5.98. The van der Waals surface area contributed by atoms with Gasteiger partial charge in [0, 0.05) is 41.4 Å². The monoisotopic (exact) mass is 448 g/mol. The number of aromatic nitrogens is 5. The van der Waals surface area contributed by atoms with Crippen molar-refractivity contribution in [1.29, 1.82) is 0 Å². The summed E-state index contributed by atoms with van der Waals surface area (Å²) >= 11 is 0. The largest absolute Gasteiger partial charge is 0.310 e. The Balaban J connectivity index is 0.00000126. The Morgan fingerprint density at radius 2 is 1.88 bits per heavy atom. The van der Waals surface area contributed by atoms with E-state index in [9.17, 15) is 14.0 Å². The summed E-state index contributed by atoms with van der Waals surface area (Å²) in [5, 5.41) is 7.79. The number of pyridine rings is 3. The number of carbonyl (C=O) groups is 2. The molecule has 1 N–H and O–H groups in total. The minimum absolute atomic E-state index is 0.00941. The van der Waals surface area contributed by atoms with Crippen LogP contribution in [0.3, 0.4) is 0 Å². The van der Waals surface area contributed by atoms with Gasteiger partial charge in [-0.2, -0.15) is 5.10 Å². The number of nitrogens with one attached hydrogen (secondary N) is 1. The summed E-state index contributed by atoms with van der Waals surface area (Å²) < 4.78 is 14.8. The Hall–Kier alpha value is -3.75. The van der Waals surface area contributed by atoms with E-state index in [1.165, 1.54) is 6.33 Å². The van der Waals surface area contributed by atoms with Crippen LogP contribution in [-0.4, -0.2) is 42.4 Å². The first kappa shape index (κ1) is 22.4. The van der Waals surface area contributed by atoms with Gasteiger partial charge in [-0.15, -0.1) is 0 Å². The summed E-state index contributed by atoms with van der Waals surface area (Å²) in [4.78, 5) is 37.1. The summed E-state index contributed by atoms with van der Waals surface area (Å²) in [5.74, 6) is -0.634. The van der Waals surface area contributed by atoms with E-state index in [0.717, 1.165) is 22.1 Å². The zero-order valence-corrected chi connectivity index (χ0v) is 19.0. The van der Waals surface area contributed by atoms with Gasteiger partial charge in [0.15, 0.2) is 11.4 Å². The molecule has 4 heterocycles. The lowest BCUT2D eigenvalue weighted by atomic mass is 10.0. The van der Waals surface area contributed by atoms with Crippen molar-refractivity contribution in [1.82, 2.24) is 24.6 Å². The Kier molecular flexibility index (Phi) is 6.13. The van der Waals surface area contributed by atoms with Gasteiger partial charge in [0.1, 0.15) is 24.0 Å². The molecular weight excluding hydrogens is 423 g/mol. The van der Waals surface area contributed by atoms with Crippen LogP contribution >= 0.6 is 0 Å². The number of aryl methyl sites for hydroxylation is 1. The van der Waals surface area contributed by atoms with Crippen LogP contribution in [0.5, 0.6) is 0 Å². The third-order valence-corrected chi connectivity index (χ3v) is 5.54. The second kappa shape index (κ2) is 9.01. The molecule has 2 atom stereocenters. The highest BCUT2D eigenvalue weighted by Gasteiger charge is 2.43. The van der Waals surface area contributed by atoms with Gasteiger partial charge in [0.05, 0.1) is 11.4 Å². The number of amides is 1. The average Bonchev–Trinajstić information content (AvgIpc) is 3.36. The van der Waals surface area contributed by atoms with Crippen molar-refractivity contribution in [2.24, 2.45) is 5.92 Å². The number of rotatable bonds is 5. The third kappa shape index (κ3) is 4.18. The van der Waals surface area contributed by atoms with E-state index in [4.69, 9.17) is 0 Å². The summed E-state index contributed by atoms with van der Waals surface area (Å²) in [6.07, 6.45) is 4.35. The van der Waals surface area contributed by atoms with Crippen LogP contribution in [0.4, 0.5) is 10.2 Å². The topological polar surface area (TPSA) is 102 Å². The van der Waals surface area contributed by atoms with Crippen molar-refractivity contribution in [2.75, 3.05) is 5.32 Å². The molecule has 8 nitrogen and oxygen atoms in total. The Morgan fingerprint density at radius 3 is 2.55 bits per heavy atom. The van der Waals surface area contributed by atoms with Crippen LogP contribution in [-0.2, 0) is 4.79 Å². The SMILES string of the molecule is CC.CCC(=O)c1cc(C)c(-c2cc3cnc(NC(=O)C4CC4F)cc3n3ncnc23)cn1. The number of fused-ring (bicyclic) bond motifs is 3. The summed E-state index contributed by atoms with van der Waals surface area (Å²) in [6.45, 7) is 7.73. The van der Waals surface area contributed by atoms with E-state index in [0.29, 0.717) is 29.1 Å². The molecule has 1 aliphatic carbocycles. The highest BCUT2D eigenvalue weighted by atomic mass is 19.1. The van der Waals surface area contributed by atoms with Crippen molar-refractivity contribution in [3.05, 3.63) is 48.2 Å². The predicted octanol–water partition coefficient (Wildman–Crippen LogP) is 4.56. The lowest BCUT2D eigenvalue weighted by Gasteiger charge is -2.11. The molecule has 0 aromatic carbocycles. The van der Waals surface area contributed by atoms with Crippen molar-refractivity contribution >= 4 is 34.1 Å². The van der Waals surface area contributed by atoms with Gasteiger partial charge in [-0.3, -0.25) is 14.6 Å². The van der Waals surface area contributed by atoms with Crippen molar-refractivity contribution in [2.45, 2.75) is 46.7 Å². The van der Waals surface area contributed by atoms with Crippen LogP contribution in [0.25, 0.3) is 27.7 Å². The molecule has 5 rings (SSSR count). The molecule has 0 bridgehead atoms. The maximum Gasteiger partial charge on any atom is 0.231 e. The Bertz CT molecular complexity index is 1370. The minimum Gasteiger partial charge on any atom is -0.310 e. The van der Waals surface area contributed by atoms with Gasteiger partial charge in [-0.05, 0) is 31.0 Å². The van der Waals surface area contributed by atoms with Gasteiger partial charge in [-0.25, -0.2) is 18.9 Å². The first-order chi connectivity index (χ1) is 16.0. The van der Waals surface area contributed by atoms with Crippen LogP contribution < -0.4 is 5.32 Å². The number of nitrogens with zero attached hydrogens (tertiary/aromatic N) is 5. The number of carbonyl (C=O) groups excluding carboxylic acids is 2. The fraction of sp³-hybridized carbons (Fsp3) is 0.333. The van der Waals surface area contributed by atoms with Crippen LogP contribution in [0, 0.1) is 12.8 Å². The number of ketones is 1. The van der Waals surface area contributed by atoms with E-state index >= 15 is 0 Å².